The van der Waals surface area contributed by atoms with Gasteiger partial charge in [0.25, 0.3) is 0 Å². The van der Waals surface area contributed by atoms with Crippen LogP contribution in [0.1, 0.15) is 22.5 Å². The Balaban J connectivity index is 1.46. The standard InChI is InChI=1S/C18H20N4O/c1-12-3-5-15(6-4-12)18-16-10-22(11-17(16)23-21-18)9-14-7-19-13(2)20-8-14/h3-8,16-17H,9-11H2,1-2H3/t16-,17-/m1/s1. The monoisotopic (exact) mass is 308 g/mol. The van der Waals surface area contributed by atoms with Gasteiger partial charge in [-0.3, -0.25) is 4.90 Å². The molecule has 1 aromatic carbocycles. The molecule has 2 atom stereocenters. The fourth-order valence-electron chi connectivity index (χ4n) is 3.29. The minimum absolute atomic E-state index is 0.165. The molecule has 1 saturated heterocycles. The lowest BCUT2D eigenvalue weighted by atomic mass is 9.94. The molecule has 2 aliphatic rings. The van der Waals surface area contributed by atoms with Crippen LogP contribution in [0.2, 0.25) is 0 Å². The Kier molecular flexibility index (Phi) is 3.58. The lowest BCUT2D eigenvalue weighted by molar-refractivity contribution is 0.0745. The fraction of sp³-hybridized carbons (Fsp3) is 0.389. The topological polar surface area (TPSA) is 50.6 Å². The van der Waals surface area contributed by atoms with Gasteiger partial charge in [-0.1, -0.05) is 35.0 Å². The zero-order chi connectivity index (χ0) is 15.8. The Morgan fingerprint density at radius 3 is 2.57 bits per heavy atom. The number of nitrogens with zero attached hydrogens (tertiary/aromatic N) is 4. The van der Waals surface area contributed by atoms with Crippen LogP contribution in [-0.2, 0) is 11.4 Å². The molecular weight excluding hydrogens is 288 g/mol. The Morgan fingerprint density at radius 2 is 1.83 bits per heavy atom. The van der Waals surface area contributed by atoms with Gasteiger partial charge in [0.1, 0.15) is 11.9 Å². The van der Waals surface area contributed by atoms with E-state index in [1.165, 1.54) is 11.1 Å². The van der Waals surface area contributed by atoms with Crippen molar-refractivity contribution in [3.63, 3.8) is 0 Å². The normalized spacial score (nSPS) is 23.5. The summed E-state index contributed by atoms with van der Waals surface area (Å²) in [6.07, 6.45) is 3.98. The quantitative estimate of drug-likeness (QED) is 0.873. The van der Waals surface area contributed by atoms with Gasteiger partial charge in [-0.05, 0) is 19.4 Å². The van der Waals surface area contributed by atoms with Crippen molar-refractivity contribution >= 4 is 5.71 Å². The minimum atomic E-state index is 0.165. The molecule has 0 N–H and O–H groups in total. The number of hydrogen-bond donors (Lipinski definition) is 0. The third-order valence-corrected chi connectivity index (χ3v) is 4.57. The number of rotatable bonds is 3. The predicted molar refractivity (Wildman–Crippen MR) is 88.1 cm³/mol. The highest BCUT2D eigenvalue weighted by molar-refractivity contribution is 6.03. The van der Waals surface area contributed by atoms with Crippen molar-refractivity contribution in [3.05, 3.63) is 59.2 Å². The largest absolute Gasteiger partial charge is 0.390 e. The average molecular weight is 308 g/mol. The van der Waals surface area contributed by atoms with E-state index >= 15 is 0 Å². The summed E-state index contributed by atoms with van der Waals surface area (Å²) < 4.78 is 0. The summed E-state index contributed by atoms with van der Waals surface area (Å²) in [5.41, 5.74) is 4.66. The summed E-state index contributed by atoms with van der Waals surface area (Å²) in [5, 5.41) is 4.34. The van der Waals surface area contributed by atoms with Gasteiger partial charge in [-0.2, -0.15) is 0 Å². The van der Waals surface area contributed by atoms with Crippen molar-refractivity contribution < 1.29 is 4.84 Å². The van der Waals surface area contributed by atoms with Gasteiger partial charge in [-0.15, -0.1) is 0 Å². The van der Waals surface area contributed by atoms with Crippen LogP contribution in [0.15, 0.2) is 41.8 Å². The first kappa shape index (κ1) is 14.3. The molecule has 0 radical (unpaired) electrons. The smallest absolute Gasteiger partial charge is 0.149 e. The van der Waals surface area contributed by atoms with E-state index in [1.54, 1.807) is 0 Å². The maximum Gasteiger partial charge on any atom is 0.149 e. The first-order chi connectivity index (χ1) is 11.2. The molecule has 1 fully saturated rings. The van der Waals surface area contributed by atoms with Crippen molar-refractivity contribution in [3.8, 4) is 0 Å². The molecule has 0 unspecified atom stereocenters. The van der Waals surface area contributed by atoms with Crippen molar-refractivity contribution in [2.75, 3.05) is 13.1 Å². The molecular formula is C18H20N4O. The number of aromatic nitrogens is 2. The van der Waals surface area contributed by atoms with Crippen LogP contribution in [0, 0.1) is 19.8 Å². The first-order valence-electron chi connectivity index (χ1n) is 7.99. The molecule has 118 valence electrons. The first-order valence-corrected chi connectivity index (χ1v) is 7.99. The van der Waals surface area contributed by atoms with Crippen LogP contribution in [0.3, 0.4) is 0 Å². The molecule has 2 aromatic rings. The van der Waals surface area contributed by atoms with Gasteiger partial charge in [0, 0.05) is 37.6 Å². The molecule has 3 heterocycles. The number of likely N-dealkylation sites (tertiary alicyclic amines) is 1. The molecule has 0 aliphatic carbocycles. The molecule has 5 nitrogen and oxygen atoms in total. The van der Waals surface area contributed by atoms with E-state index in [0.717, 1.165) is 36.7 Å². The molecule has 1 aromatic heterocycles. The summed E-state index contributed by atoms with van der Waals surface area (Å²) >= 11 is 0. The van der Waals surface area contributed by atoms with Crippen molar-refractivity contribution in [1.29, 1.82) is 0 Å². The second kappa shape index (κ2) is 5.74. The lowest BCUT2D eigenvalue weighted by Crippen LogP contribution is -2.23. The lowest BCUT2D eigenvalue weighted by Gasteiger charge is -2.16. The molecule has 23 heavy (non-hydrogen) atoms. The van der Waals surface area contributed by atoms with Crippen LogP contribution in [-0.4, -0.2) is 39.8 Å². The van der Waals surface area contributed by atoms with E-state index in [0.29, 0.717) is 5.92 Å². The Labute approximate surface area is 136 Å². The second-order valence-electron chi connectivity index (χ2n) is 6.43. The Morgan fingerprint density at radius 1 is 1.09 bits per heavy atom. The van der Waals surface area contributed by atoms with Crippen LogP contribution < -0.4 is 0 Å². The number of hydrogen-bond acceptors (Lipinski definition) is 5. The van der Waals surface area contributed by atoms with Gasteiger partial charge in [0.05, 0.1) is 11.6 Å². The Bertz CT molecular complexity index is 724. The minimum Gasteiger partial charge on any atom is -0.390 e. The Hall–Kier alpha value is -2.27. The average Bonchev–Trinajstić information content (AvgIpc) is 3.11. The zero-order valence-corrected chi connectivity index (χ0v) is 13.4. The maximum atomic E-state index is 5.68. The predicted octanol–water partition coefficient (Wildman–Crippen LogP) is 2.33. The van der Waals surface area contributed by atoms with E-state index in [2.05, 4.69) is 51.2 Å². The van der Waals surface area contributed by atoms with Gasteiger partial charge >= 0.3 is 0 Å². The van der Waals surface area contributed by atoms with Gasteiger partial charge in [-0.25, -0.2) is 9.97 Å². The molecule has 2 aliphatic heterocycles. The molecule has 0 amide bonds. The number of fused-ring (bicyclic) bond motifs is 1. The van der Waals surface area contributed by atoms with Crippen molar-refractivity contribution in [2.45, 2.75) is 26.5 Å². The molecule has 4 rings (SSSR count). The third kappa shape index (κ3) is 2.84. The summed E-state index contributed by atoms with van der Waals surface area (Å²) in [6, 6.07) is 8.52. The van der Waals surface area contributed by atoms with Gasteiger partial charge in [0.15, 0.2) is 0 Å². The van der Waals surface area contributed by atoms with Gasteiger partial charge in [0.2, 0.25) is 0 Å². The molecule has 0 saturated carbocycles. The summed E-state index contributed by atoms with van der Waals surface area (Å²) in [7, 11) is 0. The van der Waals surface area contributed by atoms with Crippen LogP contribution in [0.25, 0.3) is 0 Å². The summed E-state index contributed by atoms with van der Waals surface area (Å²) in [6.45, 7) is 6.73. The highest BCUT2D eigenvalue weighted by Gasteiger charge is 2.42. The van der Waals surface area contributed by atoms with Crippen molar-refractivity contribution in [1.82, 2.24) is 14.9 Å². The van der Waals surface area contributed by atoms with E-state index in [-0.39, 0.29) is 6.10 Å². The fourth-order valence-corrected chi connectivity index (χ4v) is 3.29. The van der Waals surface area contributed by atoms with Crippen LogP contribution in [0.5, 0.6) is 0 Å². The number of aryl methyl sites for hydroxylation is 2. The van der Waals surface area contributed by atoms with E-state index in [1.807, 2.05) is 19.3 Å². The van der Waals surface area contributed by atoms with E-state index in [9.17, 15) is 0 Å². The summed E-state index contributed by atoms with van der Waals surface area (Å²) in [4.78, 5) is 16.6. The number of oxime groups is 1. The number of benzene rings is 1. The van der Waals surface area contributed by atoms with Crippen LogP contribution in [0.4, 0.5) is 0 Å². The van der Waals surface area contributed by atoms with E-state index < -0.39 is 0 Å². The summed E-state index contributed by atoms with van der Waals surface area (Å²) in [5.74, 6) is 1.16. The SMILES string of the molecule is Cc1ccc(C2=NO[C@@H]3CN(Cc4cnc(C)nc4)C[C@@H]23)cc1. The molecule has 0 spiro atoms. The molecule has 5 heteroatoms. The highest BCUT2D eigenvalue weighted by atomic mass is 16.6. The van der Waals surface area contributed by atoms with Crippen LogP contribution >= 0.6 is 0 Å². The maximum absolute atomic E-state index is 5.68. The second-order valence-corrected chi connectivity index (χ2v) is 6.43. The zero-order valence-electron chi connectivity index (χ0n) is 13.4. The van der Waals surface area contributed by atoms with E-state index in [4.69, 9.17) is 4.84 Å². The van der Waals surface area contributed by atoms with Gasteiger partial charge < -0.3 is 4.84 Å². The van der Waals surface area contributed by atoms with Crippen molar-refractivity contribution in [2.24, 2.45) is 11.1 Å². The molecule has 0 bridgehead atoms. The third-order valence-electron chi connectivity index (χ3n) is 4.57. The highest BCUT2D eigenvalue weighted by Crippen LogP contribution is 2.30.